The molecule has 1 aromatic heterocycles. The smallest absolute Gasteiger partial charge is 0.332 e. The molecule has 3 N–H and O–H groups in total. The summed E-state index contributed by atoms with van der Waals surface area (Å²) in [7, 11) is 0. The molecule has 176 valence electrons. The van der Waals surface area contributed by atoms with Crippen LogP contribution < -0.4 is 16.0 Å². The molecule has 1 aliphatic carbocycles. The second kappa shape index (κ2) is 9.76. The Labute approximate surface area is 200 Å². The van der Waals surface area contributed by atoms with E-state index in [9.17, 15) is 13.2 Å². The van der Waals surface area contributed by atoms with E-state index in [0.717, 1.165) is 36.4 Å². The number of nitrogens with zero attached hydrogens (tertiary/aromatic N) is 3. The zero-order valence-electron chi connectivity index (χ0n) is 18.6. The summed E-state index contributed by atoms with van der Waals surface area (Å²) >= 11 is 5.39. The van der Waals surface area contributed by atoms with Gasteiger partial charge >= 0.3 is 6.18 Å². The van der Waals surface area contributed by atoms with E-state index >= 15 is 0 Å². The molecule has 0 saturated heterocycles. The fourth-order valence-electron chi connectivity index (χ4n) is 3.81. The molecule has 0 aliphatic heterocycles. The lowest BCUT2D eigenvalue weighted by molar-refractivity contribution is -0.137. The fourth-order valence-corrected chi connectivity index (χ4v) is 4.02. The van der Waals surface area contributed by atoms with Gasteiger partial charge in [0.05, 0.1) is 11.6 Å². The Morgan fingerprint density at radius 3 is 2.09 bits per heavy atom. The van der Waals surface area contributed by atoms with Crippen LogP contribution in [0.4, 0.5) is 24.8 Å². The number of benzene rings is 2. The van der Waals surface area contributed by atoms with Crippen molar-refractivity contribution < 1.29 is 13.2 Å². The molecule has 0 atom stereocenters. The van der Waals surface area contributed by atoms with Crippen molar-refractivity contribution in [3.05, 3.63) is 82.7 Å². The third kappa shape index (κ3) is 6.07. The Morgan fingerprint density at radius 2 is 1.53 bits per heavy atom. The van der Waals surface area contributed by atoms with Crippen molar-refractivity contribution in [1.29, 1.82) is 0 Å². The summed E-state index contributed by atoms with van der Waals surface area (Å²) in [6.45, 7) is 3.74. The first-order valence-corrected chi connectivity index (χ1v) is 11.1. The van der Waals surface area contributed by atoms with Gasteiger partial charge in [0.25, 0.3) is 0 Å². The van der Waals surface area contributed by atoms with Gasteiger partial charge in [0.1, 0.15) is 0 Å². The van der Waals surface area contributed by atoms with Crippen molar-refractivity contribution in [3.8, 4) is 0 Å². The standard InChI is InChI=1S/C24H23F3N6S/c1-14-11-15(2)29-21(28-14)32-22(30-20-12-16-5-3-4-6-17(16)13-20)33-23(34)31-19-9-7-18(8-10-19)24(25,26)27/h3-11,20H,12-13H2,1-2H3,(H3,28,29,30,31,32,33,34). The van der Waals surface area contributed by atoms with E-state index in [1.807, 2.05) is 32.0 Å². The molecule has 3 aromatic rings. The topological polar surface area (TPSA) is 74.2 Å². The van der Waals surface area contributed by atoms with Gasteiger partial charge in [-0.05, 0) is 80.4 Å². The maximum absolute atomic E-state index is 12.8. The van der Waals surface area contributed by atoms with Crippen LogP contribution in [0.3, 0.4) is 0 Å². The quantitative estimate of drug-likeness (QED) is 0.275. The molecule has 0 bridgehead atoms. The van der Waals surface area contributed by atoms with Gasteiger partial charge in [-0.2, -0.15) is 13.2 Å². The molecule has 2 aromatic carbocycles. The summed E-state index contributed by atoms with van der Waals surface area (Å²) in [4.78, 5) is 13.6. The van der Waals surface area contributed by atoms with Crippen LogP contribution in [0.5, 0.6) is 0 Å². The molecular formula is C24H23F3N6S. The van der Waals surface area contributed by atoms with Gasteiger partial charge in [0, 0.05) is 17.1 Å². The lowest BCUT2D eigenvalue weighted by Crippen LogP contribution is -2.40. The SMILES string of the molecule is Cc1cc(C)nc(NC(=NC2Cc3ccccc3C2)NC(=S)Nc2ccc(C(F)(F)F)cc2)n1. The molecule has 0 fully saturated rings. The molecule has 0 radical (unpaired) electrons. The van der Waals surface area contributed by atoms with Crippen molar-refractivity contribution in [2.75, 3.05) is 10.6 Å². The maximum Gasteiger partial charge on any atom is 0.416 e. The Morgan fingerprint density at radius 1 is 0.941 bits per heavy atom. The molecular weight excluding hydrogens is 461 g/mol. The van der Waals surface area contributed by atoms with Crippen molar-refractivity contribution in [3.63, 3.8) is 0 Å². The Hall–Kier alpha value is -3.53. The predicted molar refractivity (Wildman–Crippen MR) is 131 cm³/mol. The molecule has 1 heterocycles. The highest BCUT2D eigenvalue weighted by molar-refractivity contribution is 7.80. The number of thiocarbonyl (C=S) groups is 1. The zero-order chi connectivity index (χ0) is 24.3. The summed E-state index contributed by atoms with van der Waals surface area (Å²) in [6.07, 6.45) is -2.82. The number of halogens is 3. The number of aromatic nitrogens is 2. The van der Waals surface area contributed by atoms with E-state index in [2.05, 4.69) is 38.1 Å². The molecule has 0 amide bonds. The molecule has 10 heteroatoms. The van der Waals surface area contributed by atoms with E-state index in [0.29, 0.717) is 17.6 Å². The molecule has 0 unspecified atom stereocenters. The first kappa shape index (κ1) is 23.6. The highest BCUT2D eigenvalue weighted by Crippen LogP contribution is 2.29. The highest BCUT2D eigenvalue weighted by atomic mass is 32.1. The van der Waals surface area contributed by atoms with Crippen LogP contribution in [0.25, 0.3) is 0 Å². The third-order valence-corrected chi connectivity index (χ3v) is 5.46. The van der Waals surface area contributed by atoms with E-state index < -0.39 is 11.7 Å². The maximum atomic E-state index is 12.8. The summed E-state index contributed by atoms with van der Waals surface area (Å²) in [5.74, 6) is 0.726. The van der Waals surface area contributed by atoms with E-state index in [4.69, 9.17) is 17.2 Å². The average Bonchev–Trinajstić information content (AvgIpc) is 3.15. The summed E-state index contributed by atoms with van der Waals surface area (Å²) < 4.78 is 38.4. The minimum absolute atomic E-state index is 0.00725. The van der Waals surface area contributed by atoms with Crippen molar-refractivity contribution in [2.45, 2.75) is 38.9 Å². The number of fused-ring (bicyclic) bond motifs is 1. The largest absolute Gasteiger partial charge is 0.416 e. The highest BCUT2D eigenvalue weighted by Gasteiger charge is 2.30. The van der Waals surface area contributed by atoms with Gasteiger partial charge in [-0.25, -0.2) is 15.0 Å². The minimum Gasteiger partial charge on any atom is -0.332 e. The van der Waals surface area contributed by atoms with Crippen molar-refractivity contribution >= 4 is 34.9 Å². The van der Waals surface area contributed by atoms with E-state index in [1.54, 1.807) is 0 Å². The molecule has 34 heavy (non-hydrogen) atoms. The molecule has 4 rings (SSSR count). The van der Waals surface area contributed by atoms with Gasteiger partial charge in [-0.1, -0.05) is 24.3 Å². The second-order valence-corrected chi connectivity index (χ2v) is 8.47. The monoisotopic (exact) mass is 484 g/mol. The number of hydrogen-bond donors (Lipinski definition) is 3. The van der Waals surface area contributed by atoms with Crippen LogP contribution in [0, 0.1) is 13.8 Å². The van der Waals surface area contributed by atoms with Gasteiger partial charge in [0.2, 0.25) is 11.9 Å². The van der Waals surface area contributed by atoms with Crippen LogP contribution >= 0.6 is 12.2 Å². The number of hydrogen-bond acceptors (Lipinski definition) is 4. The number of aliphatic imine (C=N–C) groups is 1. The van der Waals surface area contributed by atoms with Crippen molar-refractivity contribution in [2.24, 2.45) is 4.99 Å². The second-order valence-electron chi connectivity index (χ2n) is 8.06. The van der Waals surface area contributed by atoms with Gasteiger partial charge < -0.3 is 10.6 Å². The van der Waals surface area contributed by atoms with Crippen LogP contribution in [0.15, 0.2) is 59.6 Å². The normalized spacial score (nSPS) is 14.0. The molecule has 0 saturated carbocycles. The lowest BCUT2D eigenvalue weighted by atomic mass is 10.1. The fraction of sp³-hybridized carbons (Fsp3) is 0.250. The first-order valence-electron chi connectivity index (χ1n) is 10.6. The van der Waals surface area contributed by atoms with E-state index in [-0.39, 0.29) is 11.2 Å². The zero-order valence-corrected chi connectivity index (χ0v) is 19.4. The number of guanidine groups is 1. The van der Waals surface area contributed by atoms with Gasteiger partial charge in [0.15, 0.2) is 5.11 Å². The average molecular weight is 485 g/mol. The van der Waals surface area contributed by atoms with E-state index in [1.165, 1.54) is 23.3 Å². The lowest BCUT2D eigenvalue weighted by Gasteiger charge is -2.16. The van der Waals surface area contributed by atoms with Gasteiger partial charge in [-0.3, -0.25) is 5.32 Å². The van der Waals surface area contributed by atoms with Crippen LogP contribution in [0.1, 0.15) is 28.1 Å². The van der Waals surface area contributed by atoms with Gasteiger partial charge in [-0.15, -0.1) is 0 Å². The van der Waals surface area contributed by atoms with Crippen molar-refractivity contribution in [1.82, 2.24) is 15.3 Å². The number of alkyl halides is 3. The number of nitrogens with one attached hydrogen (secondary N) is 3. The minimum atomic E-state index is -4.40. The Bertz CT molecular complexity index is 1180. The summed E-state index contributed by atoms with van der Waals surface area (Å²) in [5, 5.41) is 9.17. The Kier molecular flexibility index (Phi) is 6.78. The molecule has 6 nitrogen and oxygen atoms in total. The number of anilines is 2. The van der Waals surface area contributed by atoms with Crippen LogP contribution in [-0.4, -0.2) is 27.1 Å². The predicted octanol–water partition coefficient (Wildman–Crippen LogP) is 5.03. The first-order chi connectivity index (χ1) is 16.2. The molecule has 0 spiro atoms. The number of aryl methyl sites for hydroxylation is 2. The van der Waals surface area contributed by atoms with Crippen LogP contribution in [-0.2, 0) is 19.0 Å². The summed E-state index contributed by atoms with van der Waals surface area (Å²) in [6, 6.07) is 14.7. The third-order valence-electron chi connectivity index (χ3n) is 5.26. The number of rotatable bonds is 3. The molecule has 1 aliphatic rings. The van der Waals surface area contributed by atoms with Crippen LogP contribution in [0.2, 0.25) is 0 Å². The Balaban J connectivity index is 1.51. The summed E-state index contributed by atoms with van der Waals surface area (Å²) in [5.41, 5.74) is 3.79.